The maximum atomic E-state index is 12.1. The minimum absolute atomic E-state index is 0.0179. The van der Waals surface area contributed by atoms with Crippen LogP contribution in [0.25, 0.3) is 11.4 Å². The van der Waals surface area contributed by atoms with E-state index in [9.17, 15) is 4.79 Å². The Kier molecular flexibility index (Phi) is 4.52. The highest BCUT2D eigenvalue weighted by Crippen LogP contribution is 2.28. The van der Waals surface area contributed by atoms with Gasteiger partial charge >= 0.3 is 6.03 Å². The molecule has 1 aromatic carbocycles. The summed E-state index contributed by atoms with van der Waals surface area (Å²) >= 11 is 6.00. The van der Waals surface area contributed by atoms with Gasteiger partial charge in [0.2, 0.25) is 11.7 Å². The molecule has 1 fully saturated rings. The molecule has 1 atom stereocenters. The van der Waals surface area contributed by atoms with Crippen molar-refractivity contribution in [3.05, 3.63) is 35.2 Å². The summed E-state index contributed by atoms with van der Waals surface area (Å²) < 4.78 is 5.43. The number of carbonyl (C=O) groups is 1. The average molecular weight is 335 g/mol. The second-order valence-electron chi connectivity index (χ2n) is 5.93. The Hall–Kier alpha value is -2.08. The molecule has 1 aliphatic rings. The summed E-state index contributed by atoms with van der Waals surface area (Å²) in [4.78, 5) is 20.0. The van der Waals surface area contributed by atoms with Gasteiger partial charge < -0.3 is 14.3 Å². The van der Waals surface area contributed by atoms with Crippen molar-refractivity contribution in [3.8, 4) is 11.4 Å². The highest BCUT2D eigenvalue weighted by molar-refractivity contribution is 6.30. The first-order valence-corrected chi connectivity index (χ1v) is 7.98. The van der Waals surface area contributed by atoms with E-state index in [4.69, 9.17) is 16.1 Å². The van der Waals surface area contributed by atoms with Gasteiger partial charge in [0, 0.05) is 37.8 Å². The molecule has 0 saturated carbocycles. The molecule has 1 aliphatic heterocycles. The van der Waals surface area contributed by atoms with Crippen LogP contribution >= 0.6 is 11.6 Å². The van der Waals surface area contributed by atoms with Crippen molar-refractivity contribution in [3.63, 3.8) is 0 Å². The maximum absolute atomic E-state index is 12.1. The lowest BCUT2D eigenvalue weighted by atomic mass is 9.98. The van der Waals surface area contributed by atoms with Crippen molar-refractivity contribution in [1.82, 2.24) is 19.9 Å². The van der Waals surface area contributed by atoms with Crippen LogP contribution in [0.3, 0.4) is 0 Å². The van der Waals surface area contributed by atoms with E-state index in [0.29, 0.717) is 23.3 Å². The monoisotopic (exact) mass is 334 g/mol. The van der Waals surface area contributed by atoms with E-state index in [1.165, 1.54) is 0 Å². The van der Waals surface area contributed by atoms with E-state index in [1.807, 2.05) is 17.0 Å². The molecule has 1 saturated heterocycles. The third-order valence-electron chi connectivity index (χ3n) is 3.95. The number of nitrogens with zero attached hydrogens (tertiary/aromatic N) is 4. The van der Waals surface area contributed by atoms with Crippen LogP contribution in [0.15, 0.2) is 28.8 Å². The van der Waals surface area contributed by atoms with Gasteiger partial charge in [-0.25, -0.2) is 4.79 Å². The molecule has 3 rings (SSSR count). The molecule has 0 spiro atoms. The molecule has 0 radical (unpaired) electrons. The van der Waals surface area contributed by atoms with Crippen molar-refractivity contribution >= 4 is 17.6 Å². The van der Waals surface area contributed by atoms with Gasteiger partial charge in [-0.3, -0.25) is 0 Å². The first-order chi connectivity index (χ1) is 11.0. The minimum atomic E-state index is 0.0179. The van der Waals surface area contributed by atoms with Gasteiger partial charge in [-0.1, -0.05) is 28.9 Å². The van der Waals surface area contributed by atoms with Gasteiger partial charge in [-0.2, -0.15) is 4.98 Å². The Morgan fingerprint density at radius 1 is 1.43 bits per heavy atom. The number of hydrogen-bond acceptors (Lipinski definition) is 4. The maximum Gasteiger partial charge on any atom is 0.319 e. The molecule has 0 N–H and O–H groups in total. The van der Waals surface area contributed by atoms with Crippen molar-refractivity contribution in [2.45, 2.75) is 18.8 Å². The molecule has 6 nitrogen and oxygen atoms in total. The lowest BCUT2D eigenvalue weighted by Gasteiger charge is -2.32. The Bertz CT molecular complexity index is 701. The van der Waals surface area contributed by atoms with Crippen molar-refractivity contribution < 1.29 is 9.32 Å². The predicted molar refractivity (Wildman–Crippen MR) is 87.4 cm³/mol. The van der Waals surface area contributed by atoms with E-state index in [2.05, 4.69) is 10.1 Å². The molecule has 0 aliphatic carbocycles. The number of benzene rings is 1. The number of aromatic nitrogens is 2. The summed E-state index contributed by atoms with van der Waals surface area (Å²) in [7, 11) is 3.52. The average Bonchev–Trinajstić information content (AvgIpc) is 3.04. The molecule has 1 unspecified atom stereocenters. The van der Waals surface area contributed by atoms with Crippen LogP contribution in [0.1, 0.15) is 24.7 Å². The zero-order chi connectivity index (χ0) is 16.4. The Morgan fingerprint density at radius 3 is 3.00 bits per heavy atom. The number of urea groups is 1. The van der Waals surface area contributed by atoms with E-state index in [0.717, 1.165) is 24.9 Å². The number of amides is 2. The van der Waals surface area contributed by atoms with E-state index in [-0.39, 0.29) is 11.9 Å². The highest BCUT2D eigenvalue weighted by Gasteiger charge is 2.29. The number of piperidine rings is 1. The smallest absolute Gasteiger partial charge is 0.319 e. The predicted octanol–water partition coefficient (Wildman–Crippen LogP) is 3.25. The fraction of sp³-hybridized carbons (Fsp3) is 0.438. The zero-order valence-corrected chi connectivity index (χ0v) is 14.0. The van der Waals surface area contributed by atoms with Gasteiger partial charge in [-0.15, -0.1) is 0 Å². The summed E-state index contributed by atoms with van der Waals surface area (Å²) in [5.74, 6) is 1.18. The lowest BCUT2D eigenvalue weighted by Crippen LogP contribution is -2.44. The van der Waals surface area contributed by atoms with Gasteiger partial charge in [-0.05, 0) is 25.0 Å². The summed E-state index contributed by atoms with van der Waals surface area (Å²) in [6.45, 7) is 1.37. The van der Waals surface area contributed by atoms with E-state index < -0.39 is 0 Å². The second-order valence-corrected chi connectivity index (χ2v) is 6.37. The number of rotatable bonds is 2. The standard InChI is InChI=1S/C16H19ClN4O2/c1-20(2)16(22)21-8-4-6-12(10-21)15-18-14(19-23-15)11-5-3-7-13(17)9-11/h3,5,7,9,12H,4,6,8,10H2,1-2H3. The van der Waals surface area contributed by atoms with E-state index >= 15 is 0 Å². The summed E-state index contributed by atoms with van der Waals surface area (Å²) in [5, 5.41) is 4.68. The molecule has 2 heterocycles. The molecule has 23 heavy (non-hydrogen) atoms. The lowest BCUT2D eigenvalue weighted by molar-refractivity contribution is 0.149. The van der Waals surface area contributed by atoms with Gasteiger partial charge in [0.1, 0.15) is 0 Å². The molecular weight excluding hydrogens is 316 g/mol. The van der Waals surface area contributed by atoms with Crippen LogP contribution in [0.4, 0.5) is 4.79 Å². The topological polar surface area (TPSA) is 62.5 Å². The van der Waals surface area contributed by atoms with Crippen LogP contribution in [-0.4, -0.2) is 53.2 Å². The van der Waals surface area contributed by atoms with Gasteiger partial charge in [0.15, 0.2) is 0 Å². The first-order valence-electron chi connectivity index (χ1n) is 7.60. The number of hydrogen-bond donors (Lipinski definition) is 0. The Labute approximate surface area is 140 Å². The van der Waals surface area contributed by atoms with E-state index in [1.54, 1.807) is 31.1 Å². The van der Waals surface area contributed by atoms with Crippen molar-refractivity contribution in [2.24, 2.45) is 0 Å². The fourth-order valence-corrected chi connectivity index (χ4v) is 2.97. The first kappa shape index (κ1) is 15.8. The minimum Gasteiger partial charge on any atom is -0.339 e. The SMILES string of the molecule is CN(C)C(=O)N1CCCC(c2nc(-c3cccc(Cl)c3)no2)C1. The Morgan fingerprint density at radius 2 is 2.26 bits per heavy atom. The molecule has 2 amide bonds. The quantitative estimate of drug-likeness (QED) is 0.845. The van der Waals surface area contributed by atoms with Crippen LogP contribution in [-0.2, 0) is 0 Å². The molecular formula is C16H19ClN4O2. The van der Waals surface area contributed by atoms with Crippen LogP contribution in [0.5, 0.6) is 0 Å². The molecule has 122 valence electrons. The Balaban J connectivity index is 1.76. The van der Waals surface area contributed by atoms with Gasteiger partial charge in [0.25, 0.3) is 0 Å². The third-order valence-corrected chi connectivity index (χ3v) is 4.18. The molecule has 7 heteroatoms. The van der Waals surface area contributed by atoms with Crippen LogP contribution < -0.4 is 0 Å². The zero-order valence-electron chi connectivity index (χ0n) is 13.2. The van der Waals surface area contributed by atoms with Gasteiger partial charge in [0.05, 0.1) is 5.92 Å². The molecule has 2 aromatic rings. The number of carbonyl (C=O) groups excluding carboxylic acids is 1. The summed E-state index contributed by atoms with van der Waals surface area (Å²) in [6, 6.07) is 7.37. The van der Waals surface area contributed by atoms with Crippen LogP contribution in [0, 0.1) is 0 Å². The van der Waals surface area contributed by atoms with Crippen molar-refractivity contribution in [1.29, 1.82) is 0 Å². The number of likely N-dealkylation sites (tertiary alicyclic amines) is 1. The van der Waals surface area contributed by atoms with Crippen molar-refractivity contribution in [2.75, 3.05) is 27.2 Å². The normalized spacial score (nSPS) is 18.0. The second kappa shape index (κ2) is 6.58. The molecule has 1 aromatic heterocycles. The summed E-state index contributed by atoms with van der Waals surface area (Å²) in [5.41, 5.74) is 0.824. The number of halogens is 1. The largest absolute Gasteiger partial charge is 0.339 e. The summed E-state index contributed by atoms with van der Waals surface area (Å²) in [6.07, 6.45) is 1.87. The fourth-order valence-electron chi connectivity index (χ4n) is 2.78. The highest BCUT2D eigenvalue weighted by atomic mass is 35.5. The third kappa shape index (κ3) is 3.47. The molecule has 0 bridgehead atoms. The van der Waals surface area contributed by atoms with Crippen LogP contribution in [0.2, 0.25) is 5.02 Å².